The lowest BCUT2D eigenvalue weighted by Gasteiger charge is -2.11. The van der Waals surface area contributed by atoms with Gasteiger partial charge in [-0.2, -0.15) is 0 Å². The van der Waals surface area contributed by atoms with Gasteiger partial charge in [0.2, 0.25) is 0 Å². The van der Waals surface area contributed by atoms with Crippen LogP contribution in [0.15, 0.2) is 48.5 Å². The van der Waals surface area contributed by atoms with Gasteiger partial charge in [0.15, 0.2) is 5.78 Å². The van der Waals surface area contributed by atoms with Gasteiger partial charge in [-0.15, -0.1) is 0 Å². The second-order valence-electron chi connectivity index (χ2n) is 5.18. The lowest BCUT2D eigenvalue weighted by molar-refractivity contribution is 0.103. The molecule has 0 fully saturated rings. The number of ether oxygens (including phenoxy) is 2. The van der Waals surface area contributed by atoms with Crippen LogP contribution < -0.4 is 10.0 Å². The van der Waals surface area contributed by atoms with Crippen molar-refractivity contribution < 1.29 is 28.3 Å². The number of ketones is 1. The van der Waals surface area contributed by atoms with E-state index in [0.717, 1.165) is 0 Å². The number of methoxy groups -OCH3 is 1. The first kappa shape index (κ1) is 19.3. The van der Waals surface area contributed by atoms with Crippen molar-refractivity contribution >= 4 is 18.7 Å². The van der Waals surface area contributed by atoms with Gasteiger partial charge in [-0.3, -0.25) is 9.36 Å². The summed E-state index contributed by atoms with van der Waals surface area (Å²) in [4.78, 5) is 22.3. The minimum absolute atomic E-state index is 0.132. The van der Waals surface area contributed by atoms with Crippen LogP contribution in [0.3, 0.4) is 0 Å². The molecule has 1 unspecified atom stereocenters. The largest absolute Gasteiger partial charge is 0.491 e. The number of benzene rings is 2. The number of hydrogen-bond donors (Lipinski definition) is 1. The maximum absolute atomic E-state index is 12.5. The van der Waals surface area contributed by atoms with Crippen LogP contribution in [0.25, 0.3) is 0 Å². The monoisotopic (exact) mass is 364 g/mol. The topological polar surface area (TPSA) is 82.1 Å². The number of carbonyl (C=O) groups excluding carboxylic acids is 1. The fourth-order valence-corrected chi connectivity index (χ4v) is 3.19. The molecule has 0 heterocycles. The Hall–Kier alpha value is -1.98. The molecule has 2 aromatic carbocycles. The van der Waals surface area contributed by atoms with E-state index < -0.39 is 7.60 Å². The van der Waals surface area contributed by atoms with Crippen molar-refractivity contribution in [3.8, 4) is 5.75 Å². The van der Waals surface area contributed by atoms with Crippen LogP contribution in [-0.2, 0) is 13.8 Å². The molecule has 0 amide bonds. The van der Waals surface area contributed by atoms with Crippen molar-refractivity contribution in [1.29, 1.82) is 0 Å². The molecule has 0 bridgehead atoms. The van der Waals surface area contributed by atoms with Gasteiger partial charge in [0, 0.05) is 18.2 Å². The molecule has 25 heavy (non-hydrogen) atoms. The predicted octanol–water partition coefficient (Wildman–Crippen LogP) is 2.79. The van der Waals surface area contributed by atoms with Crippen LogP contribution in [-0.4, -0.2) is 37.6 Å². The number of carbonyl (C=O) groups is 1. The third kappa shape index (κ3) is 5.25. The molecule has 0 aliphatic carbocycles. The summed E-state index contributed by atoms with van der Waals surface area (Å²) >= 11 is 0. The van der Waals surface area contributed by atoms with Crippen molar-refractivity contribution in [2.45, 2.75) is 6.92 Å². The highest BCUT2D eigenvalue weighted by atomic mass is 31.2. The van der Waals surface area contributed by atoms with Crippen molar-refractivity contribution in [3.05, 3.63) is 59.7 Å². The standard InChI is InChI=1S/C18H21O6P/c1-3-24-25(20,21)17-10-6-15(7-11-17)18(19)14-4-8-16(9-5-14)23-13-12-22-2/h4-11H,3,12-13H2,1-2H3,(H,20,21). The van der Waals surface area contributed by atoms with Crippen molar-refractivity contribution in [2.24, 2.45) is 0 Å². The lowest BCUT2D eigenvalue weighted by Crippen LogP contribution is -2.09. The van der Waals surface area contributed by atoms with Gasteiger partial charge in [-0.05, 0) is 43.3 Å². The Morgan fingerprint density at radius 2 is 1.56 bits per heavy atom. The smallest absolute Gasteiger partial charge is 0.358 e. The van der Waals surface area contributed by atoms with Crippen molar-refractivity contribution in [3.63, 3.8) is 0 Å². The highest BCUT2D eigenvalue weighted by molar-refractivity contribution is 7.61. The van der Waals surface area contributed by atoms with Crippen LogP contribution in [0.5, 0.6) is 5.75 Å². The van der Waals surface area contributed by atoms with Crippen LogP contribution in [0.1, 0.15) is 22.8 Å². The van der Waals surface area contributed by atoms with E-state index in [1.807, 2.05) is 0 Å². The first-order valence-corrected chi connectivity index (χ1v) is 9.40. The number of rotatable bonds is 9. The maximum atomic E-state index is 12.5. The van der Waals surface area contributed by atoms with E-state index in [-0.39, 0.29) is 17.7 Å². The Labute approximate surface area is 146 Å². The zero-order chi connectivity index (χ0) is 18.3. The zero-order valence-electron chi connectivity index (χ0n) is 14.2. The fourth-order valence-electron chi connectivity index (χ4n) is 2.16. The molecular weight excluding hydrogens is 343 g/mol. The minimum atomic E-state index is -3.83. The molecule has 0 saturated carbocycles. The first-order valence-electron chi connectivity index (χ1n) is 7.82. The molecule has 1 atom stereocenters. The van der Waals surface area contributed by atoms with Gasteiger partial charge in [-0.1, -0.05) is 12.1 Å². The number of hydrogen-bond acceptors (Lipinski definition) is 5. The van der Waals surface area contributed by atoms with Crippen LogP contribution in [0.4, 0.5) is 0 Å². The Morgan fingerprint density at radius 3 is 2.08 bits per heavy atom. The van der Waals surface area contributed by atoms with Crippen LogP contribution in [0, 0.1) is 0 Å². The summed E-state index contributed by atoms with van der Waals surface area (Å²) in [6.07, 6.45) is 0. The first-order chi connectivity index (χ1) is 12.0. The summed E-state index contributed by atoms with van der Waals surface area (Å²) in [6, 6.07) is 12.7. The Morgan fingerprint density at radius 1 is 1.00 bits per heavy atom. The SMILES string of the molecule is CCOP(=O)(O)c1ccc(C(=O)c2ccc(OCCOC)cc2)cc1. The summed E-state index contributed by atoms with van der Waals surface area (Å²) in [5.41, 5.74) is 0.928. The molecule has 0 aliphatic rings. The Balaban J connectivity index is 2.08. The van der Waals surface area contributed by atoms with Gasteiger partial charge in [-0.25, -0.2) is 0 Å². The molecule has 0 aromatic heterocycles. The molecule has 6 nitrogen and oxygen atoms in total. The molecule has 0 aliphatic heterocycles. The molecule has 7 heteroatoms. The van der Waals surface area contributed by atoms with E-state index in [9.17, 15) is 14.3 Å². The second-order valence-corrected chi connectivity index (χ2v) is 7.00. The third-order valence-electron chi connectivity index (χ3n) is 3.43. The van der Waals surface area contributed by atoms with Gasteiger partial charge in [0.1, 0.15) is 12.4 Å². The average molecular weight is 364 g/mol. The summed E-state index contributed by atoms with van der Waals surface area (Å²) in [5.74, 6) is 0.473. The molecule has 0 saturated heterocycles. The van der Waals surface area contributed by atoms with E-state index in [1.54, 1.807) is 38.3 Å². The predicted molar refractivity (Wildman–Crippen MR) is 94.8 cm³/mol. The molecule has 0 radical (unpaired) electrons. The highest BCUT2D eigenvalue weighted by Crippen LogP contribution is 2.40. The van der Waals surface area contributed by atoms with Crippen molar-refractivity contribution in [1.82, 2.24) is 0 Å². The molecule has 134 valence electrons. The summed E-state index contributed by atoms with van der Waals surface area (Å²) < 4.78 is 27.2. The maximum Gasteiger partial charge on any atom is 0.358 e. The van der Waals surface area contributed by atoms with Crippen LogP contribution in [0.2, 0.25) is 0 Å². The molecular formula is C18H21O6P. The summed E-state index contributed by atoms with van der Waals surface area (Å²) in [6.45, 7) is 2.70. The van der Waals surface area contributed by atoms with Gasteiger partial charge in [0.25, 0.3) is 0 Å². The van der Waals surface area contributed by atoms with E-state index in [4.69, 9.17) is 14.0 Å². The second kappa shape index (κ2) is 8.92. The van der Waals surface area contributed by atoms with Gasteiger partial charge >= 0.3 is 7.60 Å². The van der Waals surface area contributed by atoms with E-state index >= 15 is 0 Å². The summed E-state index contributed by atoms with van der Waals surface area (Å²) in [7, 11) is -2.23. The van der Waals surface area contributed by atoms with E-state index in [0.29, 0.717) is 30.1 Å². The van der Waals surface area contributed by atoms with E-state index in [1.165, 1.54) is 24.3 Å². The Kier molecular flexibility index (Phi) is 6.91. The van der Waals surface area contributed by atoms with E-state index in [2.05, 4.69) is 0 Å². The van der Waals surface area contributed by atoms with Crippen LogP contribution >= 0.6 is 7.60 Å². The zero-order valence-corrected chi connectivity index (χ0v) is 15.1. The normalized spacial score (nSPS) is 13.2. The molecule has 2 rings (SSSR count). The fraction of sp³-hybridized carbons (Fsp3) is 0.278. The van der Waals surface area contributed by atoms with Gasteiger partial charge in [0.05, 0.1) is 18.5 Å². The molecule has 0 spiro atoms. The van der Waals surface area contributed by atoms with Crippen molar-refractivity contribution in [2.75, 3.05) is 26.9 Å². The molecule has 2 aromatic rings. The minimum Gasteiger partial charge on any atom is -0.491 e. The lowest BCUT2D eigenvalue weighted by atomic mass is 10.0. The quantitative estimate of drug-likeness (QED) is 0.419. The highest BCUT2D eigenvalue weighted by Gasteiger charge is 2.22. The Bertz CT molecular complexity index is 739. The summed E-state index contributed by atoms with van der Waals surface area (Å²) in [5, 5.41) is 0.160. The molecule has 1 N–H and O–H groups in total. The average Bonchev–Trinajstić information content (AvgIpc) is 2.62. The van der Waals surface area contributed by atoms with Gasteiger partial charge < -0.3 is 18.9 Å². The third-order valence-corrected chi connectivity index (χ3v) is 4.99.